The minimum atomic E-state index is 0.174. The zero-order valence-corrected chi connectivity index (χ0v) is 13.0. The highest BCUT2D eigenvalue weighted by Gasteiger charge is 2.21. The summed E-state index contributed by atoms with van der Waals surface area (Å²) in [4.78, 5) is 14.5. The number of Topliss-reactive ketones (excluding diaryl/α,β-unsaturated/α-hetero) is 1. The molecule has 0 bridgehead atoms. The van der Waals surface area contributed by atoms with Crippen LogP contribution in [0.3, 0.4) is 0 Å². The Bertz CT molecular complexity index is 436. The Balaban J connectivity index is 1.81. The highest BCUT2D eigenvalue weighted by atomic mass is 16.5. The van der Waals surface area contributed by atoms with E-state index >= 15 is 0 Å². The number of piperidine rings is 1. The maximum atomic E-state index is 12.3. The first-order valence-electron chi connectivity index (χ1n) is 7.83. The molecule has 4 heteroatoms. The number of likely N-dealkylation sites (tertiary alicyclic amines) is 1. The zero-order valence-electron chi connectivity index (χ0n) is 13.0. The van der Waals surface area contributed by atoms with Crippen molar-refractivity contribution in [2.45, 2.75) is 32.8 Å². The van der Waals surface area contributed by atoms with Crippen molar-refractivity contribution in [2.75, 3.05) is 32.8 Å². The molecule has 2 rings (SSSR count). The molecule has 0 atom stereocenters. The maximum Gasteiger partial charge on any atom is 0.176 e. The van der Waals surface area contributed by atoms with E-state index in [9.17, 15) is 4.79 Å². The smallest absolute Gasteiger partial charge is 0.176 e. The molecular weight excluding hydrogens is 266 g/mol. The lowest BCUT2D eigenvalue weighted by Crippen LogP contribution is -2.39. The summed E-state index contributed by atoms with van der Waals surface area (Å²) in [6, 6.07) is 7.41. The predicted molar refractivity (Wildman–Crippen MR) is 83.0 cm³/mol. The molecule has 1 fully saturated rings. The first-order valence-corrected chi connectivity index (χ1v) is 7.83. The van der Waals surface area contributed by atoms with Gasteiger partial charge < -0.3 is 9.47 Å². The second-order valence-corrected chi connectivity index (χ2v) is 5.31. The third-order valence-corrected chi connectivity index (χ3v) is 3.79. The molecule has 1 aromatic carbocycles. The molecule has 0 N–H and O–H groups in total. The molecule has 4 nitrogen and oxygen atoms in total. The molecule has 1 heterocycles. The standard InChI is InChI=1S/C17H25NO3/c1-3-20-15-7-5-14(6-8-15)17(19)13-18-11-9-16(10-12-18)21-4-2/h5-8,16H,3-4,9-13H2,1-2H3. The summed E-state index contributed by atoms with van der Waals surface area (Å²) in [5.41, 5.74) is 0.755. The van der Waals surface area contributed by atoms with E-state index < -0.39 is 0 Å². The lowest BCUT2D eigenvalue weighted by molar-refractivity contribution is 0.0147. The molecule has 0 unspecified atom stereocenters. The Hall–Kier alpha value is -1.39. The number of nitrogens with zero attached hydrogens (tertiary/aromatic N) is 1. The fraction of sp³-hybridized carbons (Fsp3) is 0.588. The van der Waals surface area contributed by atoms with Crippen molar-refractivity contribution >= 4 is 5.78 Å². The van der Waals surface area contributed by atoms with Crippen LogP contribution in [-0.2, 0) is 4.74 Å². The molecule has 0 saturated carbocycles. The van der Waals surface area contributed by atoms with Crippen LogP contribution in [0, 0.1) is 0 Å². The van der Waals surface area contributed by atoms with Crippen molar-refractivity contribution < 1.29 is 14.3 Å². The monoisotopic (exact) mass is 291 g/mol. The van der Waals surface area contributed by atoms with Crippen molar-refractivity contribution in [3.05, 3.63) is 29.8 Å². The molecule has 1 aliphatic rings. The Morgan fingerprint density at radius 3 is 2.38 bits per heavy atom. The zero-order chi connectivity index (χ0) is 15.1. The van der Waals surface area contributed by atoms with Gasteiger partial charge in [0.15, 0.2) is 5.78 Å². The molecule has 21 heavy (non-hydrogen) atoms. The molecule has 1 saturated heterocycles. The number of rotatable bonds is 7. The predicted octanol–water partition coefficient (Wildman–Crippen LogP) is 2.77. The van der Waals surface area contributed by atoms with Crippen LogP contribution in [0.2, 0.25) is 0 Å². The summed E-state index contributed by atoms with van der Waals surface area (Å²) in [5.74, 6) is 0.986. The second-order valence-electron chi connectivity index (χ2n) is 5.31. The SMILES string of the molecule is CCOc1ccc(C(=O)CN2CCC(OCC)CC2)cc1. The third-order valence-electron chi connectivity index (χ3n) is 3.79. The van der Waals surface area contributed by atoms with Crippen LogP contribution in [0.4, 0.5) is 0 Å². The lowest BCUT2D eigenvalue weighted by Gasteiger charge is -2.31. The fourth-order valence-electron chi connectivity index (χ4n) is 2.67. The summed E-state index contributed by atoms with van der Waals surface area (Å²) in [5, 5.41) is 0. The number of carbonyl (C=O) groups excluding carboxylic acids is 1. The number of hydrogen-bond donors (Lipinski definition) is 0. The fourth-order valence-corrected chi connectivity index (χ4v) is 2.67. The maximum absolute atomic E-state index is 12.3. The molecule has 0 aliphatic carbocycles. The minimum absolute atomic E-state index is 0.174. The van der Waals surface area contributed by atoms with Gasteiger partial charge in [0.1, 0.15) is 5.75 Å². The first-order chi connectivity index (χ1) is 10.2. The van der Waals surface area contributed by atoms with Crippen LogP contribution in [-0.4, -0.2) is 49.6 Å². The van der Waals surface area contributed by atoms with E-state index in [-0.39, 0.29) is 5.78 Å². The van der Waals surface area contributed by atoms with Crippen molar-refractivity contribution in [2.24, 2.45) is 0 Å². The third kappa shape index (κ3) is 4.83. The van der Waals surface area contributed by atoms with Gasteiger partial charge in [-0.1, -0.05) is 0 Å². The first kappa shape index (κ1) is 16.0. The van der Waals surface area contributed by atoms with Gasteiger partial charge in [-0.3, -0.25) is 9.69 Å². The van der Waals surface area contributed by atoms with Gasteiger partial charge in [-0.2, -0.15) is 0 Å². The largest absolute Gasteiger partial charge is 0.494 e. The molecule has 1 aromatic rings. The lowest BCUT2D eigenvalue weighted by atomic mass is 10.1. The molecule has 0 spiro atoms. The van der Waals surface area contributed by atoms with Crippen LogP contribution in [0.15, 0.2) is 24.3 Å². The van der Waals surface area contributed by atoms with Crippen LogP contribution in [0.5, 0.6) is 5.75 Å². The highest BCUT2D eigenvalue weighted by molar-refractivity contribution is 5.97. The van der Waals surface area contributed by atoms with Crippen LogP contribution >= 0.6 is 0 Å². The minimum Gasteiger partial charge on any atom is -0.494 e. The molecule has 116 valence electrons. The van der Waals surface area contributed by atoms with E-state index in [0.717, 1.165) is 43.9 Å². The van der Waals surface area contributed by atoms with Crippen molar-refractivity contribution in [1.29, 1.82) is 0 Å². The van der Waals surface area contributed by atoms with Gasteiger partial charge in [0.2, 0.25) is 0 Å². The van der Waals surface area contributed by atoms with Gasteiger partial charge in [0.05, 0.1) is 19.3 Å². The van der Waals surface area contributed by atoms with Gasteiger partial charge in [-0.15, -0.1) is 0 Å². The van der Waals surface area contributed by atoms with Crippen LogP contribution in [0.25, 0.3) is 0 Å². The molecular formula is C17H25NO3. The Kier molecular flexibility index (Phi) is 6.21. The van der Waals surface area contributed by atoms with Crippen molar-refractivity contribution in [1.82, 2.24) is 4.90 Å². The molecule has 1 aliphatic heterocycles. The van der Waals surface area contributed by atoms with E-state index in [1.165, 1.54) is 0 Å². The van der Waals surface area contributed by atoms with Crippen LogP contribution < -0.4 is 4.74 Å². The summed E-state index contributed by atoms with van der Waals surface area (Å²) in [6.45, 7) is 7.76. The van der Waals surface area contributed by atoms with Crippen LogP contribution in [0.1, 0.15) is 37.0 Å². The summed E-state index contributed by atoms with van der Waals surface area (Å²) in [6.07, 6.45) is 2.40. The summed E-state index contributed by atoms with van der Waals surface area (Å²) >= 11 is 0. The average Bonchev–Trinajstić information content (AvgIpc) is 2.50. The van der Waals surface area contributed by atoms with E-state index in [4.69, 9.17) is 9.47 Å². The van der Waals surface area contributed by atoms with Gasteiger partial charge in [0, 0.05) is 25.3 Å². The molecule has 0 amide bonds. The highest BCUT2D eigenvalue weighted by Crippen LogP contribution is 2.16. The summed E-state index contributed by atoms with van der Waals surface area (Å²) in [7, 11) is 0. The van der Waals surface area contributed by atoms with E-state index in [1.807, 2.05) is 38.1 Å². The number of hydrogen-bond acceptors (Lipinski definition) is 4. The average molecular weight is 291 g/mol. The topological polar surface area (TPSA) is 38.8 Å². The van der Waals surface area contributed by atoms with Gasteiger partial charge in [0.25, 0.3) is 0 Å². The van der Waals surface area contributed by atoms with E-state index in [1.54, 1.807) is 0 Å². The Morgan fingerprint density at radius 1 is 1.14 bits per heavy atom. The number of ether oxygens (including phenoxy) is 2. The van der Waals surface area contributed by atoms with Gasteiger partial charge >= 0.3 is 0 Å². The van der Waals surface area contributed by atoms with Crippen molar-refractivity contribution in [3.63, 3.8) is 0 Å². The van der Waals surface area contributed by atoms with Gasteiger partial charge in [-0.05, 0) is 51.0 Å². The Morgan fingerprint density at radius 2 is 1.81 bits per heavy atom. The molecule has 0 radical (unpaired) electrons. The van der Waals surface area contributed by atoms with E-state index in [2.05, 4.69) is 4.90 Å². The van der Waals surface area contributed by atoms with E-state index in [0.29, 0.717) is 19.3 Å². The number of benzene rings is 1. The summed E-state index contributed by atoms with van der Waals surface area (Å²) < 4.78 is 11.0. The Labute approximate surface area is 127 Å². The second kappa shape index (κ2) is 8.15. The number of ketones is 1. The molecule has 0 aromatic heterocycles. The number of carbonyl (C=O) groups is 1. The van der Waals surface area contributed by atoms with Gasteiger partial charge in [-0.25, -0.2) is 0 Å². The quantitative estimate of drug-likeness (QED) is 0.724. The van der Waals surface area contributed by atoms with Crippen molar-refractivity contribution in [3.8, 4) is 5.75 Å². The normalized spacial score (nSPS) is 16.9.